The van der Waals surface area contributed by atoms with Crippen molar-refractivity contribution in [2.45, 2.75) is 19.1 Å². The van der Waals surface area contributed by atoms with Crippen LogP contribution in [0.15, 0.2) is 30.1 Å². The van der Waals surface area contributed by atoms with Crippen molar-refractivity contribution in [3.8, 4) is 0 Å². The van der Waals surface area contributed by atoms with Crippen LogP contribution in [0.3, 0.4) is 0 Å². The fraction of sp³-hybridized carbons (Fsp3) is 0.333. The van der Waals surface area contributed by atoms with Gasteiger partial charge >= 0.3 is 0 Å². The van der Waals surface area contributed by atoms with Gasteiger partial charge in [0.2, 0.25) is 0 Å². The van der Waals surface area contributed by atoms with Crippen molar-refractivity contribution in [3.05, 3.63) is 46.9 Å². The molecule has 1 aliphatic heterocycles. The first kappa shape index (κ1) is 13.3. The molecule has 2 heterocycles. The van der Waals surface area contributed by atoms with Gasteiger partial charge in [-0.1, -0.05) is 6.07 Å². The van der Waals surface area contributed by atoms with Gasteiger partial charge in [-0.25, -0.2) is 4.39 Å². The second-order valence-electron chi connectivity index (χ2n) is 5.10. The topological polar surface area (TPSA) is 74.1 Å². The molecule has 1 unspecified atom stereocenters. The zero-order valence-electron chi connectivity index (χ0n) is 11.1. The van der Waals surface area contributed by atoms with Crippen molar-refractivity contribution in [2.75, 3.05) is 13.1 Å². The first-order valence-electron chi connectivity index (χ1n) is 6.76. The number of nitrogens with one attached hydrogen (secondary N) is 2. The van der Waals surface area contributed by atoms with E-state index in [1.165, 1.54) is 11.3 Å². The van der Waals surface area contributed by atoms with Crippen LogP contribution >= 0.6 is 0 Å². The molecule has 3 rings (SSSR count). The zero-order chi connectivity index (χ0) is 14.1. The third-order valence-electron chi connectivity index (χ3n) is 3.91. The van der Waals surface area contributed by atoms with E-state index in [9.17, 15) is 9.50 Å². The molecule has 1 atom stereocenters. The maximum atomic E-state index is 12.7. The van der Waals surface area contributed by atoms with Crippen LogP contribution in [0, 0.1) is 0 Å². The Labute approximate surface area is 116 Å². The maximum absolute atomic E-state index is 12.7. The van der Waals surface area contributed by atoms with Crippen LogP contribution in [0.2, 0.25) is 0 Å². The molecule has 0 radical (unpaired) electrons. The number of rotatable bonds is 3. The van der Waals surface area contributed by atoms with E-state index in [-0.39, 0.29) is 12.1 Å². The van der Waals surface area contributed by atoms with Crippen molar-refractivity contribution in [2.24, 2.45) is 5.73 Å². The summed E-state index contributed by atoms with van der Waals surface area (Å²) in [7, 11) is 0. The van der Waals surface area contributed by atoms with E-state index in [2.05, 4.69) is 10.3 Å². The average Bonchev–Trinajstić information content (AvgIpc) is 2.86. The van der Waals surface area contributed by atoms with Gasteiger partial charge in [0.05, 0.1) is 6.33 Å². The molecule has 0 spiro atoms. The summed E-state index contributed by atoms with van der Waals surface area (Å²) in [5, 5.41) is 14.6. The Kier molecular flexibility index (Phi) is 3.56. The van der Waals surface area contributed by atoms with Crippen molar-refractivity contribution < 1.29 is 9.50 Å². The first-order valence-corrected chi connectivity index (χ1v) is 6.76. The predicted octanol–water partition coefficient (Wildman–Crippen LogP) is 1.66. The first-order chi connectivity index (χ1) is 9.74. The molecular weight excluding hydrogens is 257 g/mol. The Hall–Kier alpha value is -1.69. The number of nitrogens with two attached hydrogens (primary N) is 1. The lowest BCUT2D eigenvalue weighted by Gasteiger charge is -2.14. The molecule has 0 bridgehead atoms. The summed E-state index contributed by atoms with van der Waals surface area (Å²) in [6.07, 6.45) is 0.375. The van der Waals surface area contributed by atoms with Crippen LogP contribution in [-0.2, 0) is 13.0 Å². The highest BCUT2D eigenvalue weighted by Crippen LogP contribution is 2.29. The number of hydrogen-bond acceptors (Lipinski definition) is 3. The number of aromatic amines is 1. The normalized spacial score (nSPS) is 17.2. The molecule has 5 heteroatoms. The molecule has 1 aliphatic rings. The number of fused-ring (bicyclic) bond motifs is 3. The van der Waals surface area contributed by atoms with Gasteiger partial charge < -0.3 is 21.1 Å². The highest BCUT2D eigenvalue weighted by Gasteiger charge is 2.18. The van der Waals surface area contributed by atoms with Crippen LogP contribution in [-0.4, -0.2) is 23.2 Å². The number of hydrogen-bond donors (Lipinski definition) is 4. The third-order valence-corrected chi connectivity index (χ3v) is 3.91. The second-order valence-corrected chi connectivity index (χ2v) is 5.10. The number of aliphatic hydroxyl groups excluding tert-OH is 1. The molecule has 0 saturated heterocycles. The molecule has 0 saturated carbocycles. The lowest BCUT2D eigenvalue weighted by molar-refractivity contribution is 0.212. The average molecular weight is 275 g/mol. The van der Waals surface area contributed by atoms with Crippen LogP contribution < -0.4 is 11.1 Å². The molecule has 1 aromatic carbocycles. The minimum Gasteiger partial charge on any atom is -0.384 e. The molecule has 5 N–H and O–H groups in total. The quantitative estimate of drug-likeness (QED) is 0.688. The molecule has 0 amide bonds. The standard InChI is InChI=1S/C15H18FN3O/c16-6-10(7-17)15(20)9-1-2-13-11(5-9)12-8-18-4-3-14(12)19-13/h1-2,5-6,15,18-20H,3-4,7-8,17H2/b10-6+. The van der Waals surface area contributed by atoms with Gasteiger partial charge in [-0.05, 0) is 23.3 Å². The number of H-pyrrole nitrogens is 1. The Bertz CT molecular complexity index is 662. The highest BCUT2D eigenvalue weighted by molar-refractivity contribution is 5.85. The summed E-state index contributed by atoms with van der Waals surface area (Å²) < 4.78 is 12.7. The summed E-state index contributed by atoms with van der Waals surface area (Å²) in [5.74, 6) is 0. The molecule has 20 heavy (non-hydrogen) atoms. The third kappa shape index (κ3) is 2.14. The summed E-state index contributed by atoms with van der Waals surface area (Å²) in [5.41, 5.74) is 9.82. The van der Waals surface area contributed by atoms with Gasteiger partial charge in [-0.2, -0.15) is 0 Å². The van der Waals surface area contributed by atoms with Crippen LogP contribution in [0.1, 0.15) is 22.9 Å². The smallest absolute Gasteiger partial charge is 0.104 e. The number of halogens is 1. The molecule has 1 aromatic heterocycles. The summed E-state index contributed by atoms with van der Waals surface area (Å²) in [6, 6.07) is 5.65. The molecular formula is C15H18FN3O. The molecule has 4 nitrogen and oxygen atoms in total. The van der Waals surface area contributed by atoms with E-state index >= 15 is 0 Å². The predicted molar refractivity (Wildman–Crippen MR) is 76.9 cm³/mol. The summed E-state index contributed by atoms with van der Waals surface area (Å²) >= 11 is 0. The van der Waals surface area contributed by atoms with E-state index in [4.69, 9.17) is 5.73 Å². The van der Waals surface area contributed by atoms with Gasteiger partial charge in [-0.3, -0.25) is 0 Å². The fourth-order valence-electron chi connectivity index (χ4n) is 2.76. The van der Waals surface area contributed by atoms with E-state index < -0.39 is 6.10 Å². The van der Waals surface area contributed by atoms with Crippen LogP contribution in [0.4, 0.5) is 4.39 Å². The monoisotopic (exact) mass is 275 g/mol. The van der Waals surface area contributed by atoms with E-state index in [1.807, 2.05) is 18.2 Å². The van der Waals surface area contributed by atoms with E-state index in [1.54, 1.807) is 0 Å². The van der Waals surface area contributed by atoms with Crippen molar-refractivity contribution in [3.63, 3.8) is 0 Å². The second kappa shape index (κ2) is 5.36. The zero-order valence-corrected chi connectivity index (χ0v) is 11.1. The number of aliphatic hydroxyl groups is 1. The van der Waals surface area contributed by atoms with Crippen molar-refractivity contribution in [1.29, 1.82) is 0 Å². The lowest BCUT2D eigenvalue weighted by Crippen LogP contribution is -2.22. The lowest BCUT2D eigenvalue weighted by atomic mass is 9.99. The van der Waals surface area contributed by atoms with E-state index in [0.29, 0.717) is 11.9 Å². The molecule has 0 aliphatic carbocycles. The van der Waals surface area contributed by atoms with Gasteiger partial charge in [0, 0.05) is 48.2 Å². The minimum absolute atomic E-state index is 0.00248. The molecule has 2 aromatic rings. The maximum Gasteiger partial charge on any atom is 0.104 e. The Morgan fingerprint density at radius 2 is 2.35 bits per heavy atom. The summed E-state index contributed by atoms with van der Waals surface area (Å²) in [4.78, 5) is 3.40. The van der Waals surface area contributed by atoms with Gasteiger partial charge in [0.1, 0.15) is 6.10 Å². The van der Waals surface area contributed by atoms with Gasteiger partial charge in [0.15, 0.2) is 0 Å². The Morgan fingerprint density at radius 3 is 3.10 bits per heavy atom. The van der Waals surface area contributed by atoms with E-state index in [0.717, 1.165) is 30.4 Å². The largest absolute Gasteiger partial charge is 0.384 e. The minimum atomic E-state index is -0.989. The Balaban J connectivity index is 2.06. The van der Waals surface area contributed by atoms with Crippen LogP contribution in [0.5, 0.6) is 0 Å². The van der Waals surface area contributed by atoms with Crippen molar-refractivity contribution >= 4 is 10.9 Å². The fourth-order valence-corrected chi connectivity index (χ4v) is 2.76. The molecule has 0 fully saturated rings. The van der Waals surface area contributed by atoms with Gasteiger partial charge in [-0.15, -0.1) is 0 Å². The highest BCUT2D eigenvalue weighted by atomic mass is 19.1. The Morgan fingerprint density at radius 1 is 1.50 bits per heavy atom. The summed E-state index contributed by atoms with van der Waals surface area (Å²) in [6.45, 7) is 1.79. The SMILES string of the molecule is NC/C(=C\F)C(O)c1ccc2[nH]c3c(c2c1)CNCC3. The van der Waals surface area contributed by atoms with Gasteiger partial charge in [0.25, 0.3) is 0 Å². The number of aromatic nitrogens is 1. The molecule has 106 valence electrons. The van der Waals surface area contributed by atoms with Crippen molar-refractivity contribution in [1.82, 2.24) is 10.3 Å². The number of benzene rings is 1. The van der Waals surface area contributed by atoms with Crippen LogP contribution in [0.25, 0.3) is 10.9 Å².